The van der Waals surface area contributed by atoms with Crippen molar-refractivity contribution >= 4 is 29.9 Å². The molecule has 0 aromatic heterocycles. The van der Waals surface area contributed by atoms with Gasteiger partial charge in [-0.3, -0.25) is 0 Å². The fraction of sp³-hybridized carbons (Fsp3) is 0.350. The van der Waals surface area contributed by atoms with Crippen LogP contribution in [0.2, 0.25) is 0 Å². The smallest absolute Gasteiger partial charge is 0.192 e. The first-order valence-electron chi connectivity index (χ1n) is 8.62. The lowest BCUT2D eigenvalue weighted by molar-refractivity contribution is 0.394. The molecule has 1 atom stereocenters. The van der Waals surface area contributed by atoms with Crippen LogP contribution in [0.15, 0.2) is 47.5 Å². The molecule has 0 bridgehead atoms. The van der Waals surface area contributed by atoms with Gasteiger partial charge in [-0.05, 0) is 49.7 Å². The van der Waals surface area contributed by atoms with Crippen LogP contribution in [0.5, 0.6) is 17.2 Å². The van der Waals surface area contributed by atoms with Gasteiger partial charge in [0, 0.05) is 12.1 Å². The highest BCUT2D eigenvalue weighted by atomic mass is 127. The number of hydrogen-bond donors (Lipinski definition) is 3. The number of ether oxygens (including phenoxy) is 2. The van der Waals surface area contributed by atoms with Crippen molar-refractivity contribution in [1.29, 1.82) is 0 Å². The summed E-state index contributed by atoms with van der Waals surface area (Å²) >= 11 is 0. The van der Waals surface area contributed by atoms with E-state index in [1.54, 1.807) is 26.4 Å². The zero-order valence-electron chi connectivity index (χ0n) is 16.2. The van der Waals surface area contributed by atoms with Gasteiger partial charge < -0.3 is 25.2 Å². The topological polar surface area (TPSA) is 75.1 Å². The summed E-state index contributed by atoms with van der Waals surface area (Å²) in [6, 6.07) is 12.8. The molecule has 2 rings (SSSR count). The quantitative estimate of drug-likeness (QED) is 0.316. The average Bonchev–Trinajstić information content (AvgIpc) is 2.65. The van der Waals surface area contributed by atoms with Crippen molar-refractivity contribution in [2.45, 2.75) is 26.4 Å². The molecule has 0 spiro atoms. The number of phenolic OH excluding ortho intramolecular Hbond substituents is 1. The summed E-state index contributed by atoms with van der Waals surface area (Å²) < 4.78 is 10.8. The molecule has 7 heteroatoms. The number of nitrogens with zero attached hydrogens (tertiary/aromatic N) is 1. The molecule has 148 valence electrons. The van der Waals surface area contributed by atoms with Crippen LogP contribution >= 0.6 is 24.0 Å². The first-order valence-corrected chi connectivity index (χ1v) is 8.62. The Balaban J connectivity index is 0.00000364. The Morgan fingerprint density at radius 1 is 1.15 bits per heavy atom. The minimum absolute atomic E-state index is 0. The minimum Gasteiger partial charge on any atom is -0.508 e. The monoisotopic (exact) mass is 485 g/mol. The number of hydrogen-bond acceptors (Lipinski definition) is 4. The average molecular weight is 485 g/mol. The molecule has 6 nitrogen and oxygen atoms in total. The Morgan fingerprint density at radius 2 is 1.93 bits per heavy atom. The maximum absolute atomic E-state index is 9.58. The second kappa shape index (κ2) is 11.5. The van der Waals surface area contributed by atoms with Gasteiger partial charge in [-0.1, -0.05) is 12.1 Å². The molecule has 0 aliphatic heterocycles. The molecular weight excluding hydrogens is 457 g/mol. The number of nitrogens with one attached hydrogen (secondary N) is 2. The molecule has 0 saturated carbocycles. The van der Waals surface area contributed by atoms with E-state index in [1.165, 1.54) is 0 Å². The summed E-state index contributed by atoms with van der Waals surface area (Å²) in [7, 11) is 3.30. The SMILES string of the molecule is CCNC(=NCc1cccc(O)c1)NC(C)c1cc(OC)ccc1OC.I. The second-order valence-corrected chi connectivity index (χ2v) is 5.84. The number of halogens is 1. The summed E-state index contributed by atoms with van der Waals surface area (Å²) in [6.45, 7) is 5.26. The third-order valence-electron chi connectivity index (χ3n) is 3.93. The van der Waals surface area contributed by atoms with Crippen molar-refractivity contribution in [2.24, 2.45) is 4.99 Å². The van der Waals surface area contributed by atoms with E-state index < -0.39 is 0 Å². The van der Waals surface area contributed by atoms with E-state index in [9.17, 15) is 5.11 Å². The number of aromatic hydroxyl groups is 1. The van der Waals surface area contributed by atoms with Crippen molar-refractivity contribution < 1.29 is 14.6 Å². The highest BCUT2D eigenvalue weighted by Crippen LogP contribution is 2.29. The fourth-order valence-electron chi connectivity index (χ4n) is 2.61. The van der Waals surface area contributed by atoms with E-state index in [4.69, 9.17) is 9.47 Å². The van der Waals surface area contributed by atoms with Gasteiger partial charge in [-0.15, -0.1) is 24.0 Å². The van der Waals surface area contributed by atoms with Crippen molar-refractivity contribution in [1.82, 2.24) is 10.6 Å². The van der Waals surface area contributed by atoms with E-state index in [1.807, 2.05) is 44.2 Å². The number of aliphatic imine (C=N–C) groups is 1. The van der Waals surface area contributed by atoms with Crippen molar-refractivity contribution in [3.8, 4) is 17.2 Å². The van der Waals surface area contributed by atoms with Gasteiger partial charge in [0.25, 0.3) is 0 Å². The van der Waals surface area contributed by atoms with Crippen LogP contribution in [-0.4, -0.2) is 31.8 Å². The van der Waals surface area contributed by atoms with Gasteiger partial charge in [0.2, 0.25) is 0 Å². The molecule has 0 fully saturated rings. The molecule has 2 aromatic carbocycles. The lowest BCUT2D eigenvalue weighted by Gasteiger charge is -2.20. The minimum atomic E-state index is -0.0398. The maximum Gasteiger partial charge on any atom is 0.192 e. The standard InChI is InChI=1S/C20H27N3O3.HI/c1-5-21-20(22-13-15-7-6-8-16(24)11-15)23-14(2)18-12-17(25-3)9-10-19(18)26-4;/h6-12,14,24H,5,13H2,1-4H3,(H2,21,22,23);1H. The Hall–Kier alpha value is -2.16. The number of phenols is 1. The number of rotatable bonds is 7. The van der Waals surface area contributed by atoms with Crippen LogP contribution in [0.3, 0.4) is 0 Å². The Kier molecular flexibility index (Phi) is 9.77. The van der Waals surface area contributed by atoms with Gasteiger partial charge in [0.05, 0.1) is 26.8 Å². The van der Waals surface area contributed by atoms with Gasteiger partial charge in [-0.2, -0.15) is 0 Å². The third-order valence-corrected chi connectivity index (χ3v) is 3.93. The Labute approximate surface area is 178 Å². The lowest BCUT2D eigenvalue weighted by atomic mass is 10.1. The van der Waals surface area contributed by atoms with E-state index >= 15 is 0 Å². The number of benzene rings is 2. The number of guanidine groups is 1. The molecule has 2 aromatic rings. The Morgan fingerprint density at radius 3 is 2.56 bits per heavy atom. The summed E-state index contributed by atoms with van der Waals surface area (Å²) in [4.78, 5) is 4.60. The van der Waals surface area contributed by atoms with Gasteiger partial charge >= 0.3 is 0 Å². The molecule has 0 aliphatic carbocycles. The maximum atomic E-state index is 9.58. The van der Waals surface area contributed by atoms with E-state index in [2.05, 4.69) is 15.6 Å². The predicted molar refractivity (Wildman–Crippen MR) is 119 cm³/mol. The molecule has 3 N–H and O–H groups in total. The normalized spacial score (nSPS) is 11.9. The Bertz CT molecular complexity index is 753. The van der Waals surface area contributed by atoms with E-state index in [0.29, 0.717) is 12.5 Å². The van der Waals surface area contributed by atoms with Crippen LogP contribution in [-0.2, 0) is 6.54 Å². The third kappa shape index (κ3) is 6.82. The summed E-state index contributed by atoms with van der Waals surface area (Å²) in [5.41, 5.74) is 1.92. The summed E-state index contributed by atoms with van der Waals surface area (Å²) in [5, 5.41) is 16.2. The summed E-state index contributed by atoms with van der Waals surface area (Å²) in [6.07, 6.45) is 0. The van der Waals surface area contributed by atoms with Crippen LogP contribution in [0.1, 0.15) is 31.0 Å². The number of methoxy groups -OCH3 is 2. The summed E-state index contributed by atoms with van der Waals surface area (Å²) in [5.74, 6) is 2.49. The molecule has 0 amide bonds. The largest absolute Gasteiger partial charge is 0.508 e. The van der Waals surface area contributed by atoms with Gasteiger partial charge in [-0.25, -0.2) is 4.99 Å². The van der Waals surface area contributed by atoms with Crippen LogP contribution < -0.4 is 20.1 Å². The predicted octanol–water partition coefficient (Wildman–Crippen LogP) is 3.84. The first-order chi connectivity index (χ1) is 12.6. The molecule has 0 radical (unpaired) electrons. The molecule has 1 unspecified atom stereocenters. The highest BCUT2D eigenvalue weighted by Gasteiger charge is 2.14. The first kappa shape index (κ1) is 22.9. The van der Waals surface area contributed by atoms with Gasteiger partial charge in [0.15, 0.2) is 5.96 Å². The molecular formula is C20H28IN3O3. The van der Waals surface area contributed by atoms with Crippen LogP contribution in [0.4, 0.5) is 0 Å². The van der Waals surface area contributed by atoms with Crippen molar-refractivity contribution in [2.75, 3.05) is 20.8 Å². The van der Waals surface area contributed by atoms with Crippen LogP contribution in [0.25, 0.3) is 0 Å². The molecule has 0 saturated heterocycles. The molecule has 0 heterocycles. The van der Waals surface area contributed by atoms with Crippen molar-refractivity contribution in [3.63, 3.8) is 0 Å². The molecule has 0 aliphatic rings. The van der Waals surface area contributed by atoms with Crippen molar-refractivity contribution in [3.05, 3.63) is 53.6 Å². The zero-order valence-corrected chi connectivity index (χ0v) is 18.5. The van der Waals surface area contributed by atoms with E-state index in [0.717, 1.165) is 29.2 Å². The molecule has 27 heavy (non-hydrogen) atoms. The van der Waals surface area contributed by atoms with E-state index in [-0.39, 0.29) is 35.8 Å². The van der Waals surface area contributed by atoms with Crippen LogP contribution in [0, 0.1) is 0 Å². The lowest BCUT2D eigenvalue weighted by Crippen LogP contribution is -2.38. The highest BCUT2D eigenvalue weighted by molar-refractivity contribution is 14.0. The van der Waals surface area contributed by atoms with Gasteiger partial charge in [0.1, 0.15) is 17.2 Å². The second-order valence-electron chi connectivity index (χ2n) is 5.84. The zero-order chi connectivity index (χ0) is 18.9. The fourth-order valence-corrected chi connectivity index (χ4v) is 2.61.